The zero-order chi connectivity index (χ0) is 37.2. The van der Waals surface area contributed by atoms with E-state index in [0.29, 0.717) is 11.8 Å². The van der Waals surface area contributed by atoms with Crippen molar-refractivity contribution in [3.8, 4) is 11.1 Å². The molecule has 1 heteroatoms. The van der Waals surface area contributed by atoms with Gasteiger partial charge in [0.05, 0.1) is 5.41 Å². The first-order valence-electron chi connectivity index (χ1n) is 19.7. The van der Waals surface area contributed by atoms with Gasteiger partial charge < -0.3 is 4.90 Å². The van der Waals surface area contributed by atoms with Crippen LogP contribution in [0.25, 0.3) is 22.3 Å². The van der Waals surface area contributed by atoms with Crippen LogP contribution in [0.5, 0.6) is 0 Å². The molecular weight excluding hydrogens is 651 g/mol. The Balaban J connectivity index is 1.25. The maximum absolute atomic E-state index is 4.08. The molecule has 0 aromatic heterocycles. The first-order chi connectivity index (χ1) is 26.4. The van der Waals surface area contributed by atoms with Gasteiger partial charge in [0.15, 0.2) is 0 Å². The summed E-state index contributed by atoms with van der Waals surface area (Å²) in [5, 5.41) is 0. The summed E-state index contributed by atoms with van der Waals surface area (Å²) in [6.45, 7) is 15.5. The zero-order valence-corrected chi connectivity index (χ0v) is 32.2. The Kier molecular flexibility index (Phi) is 8.23. The Morgan fingerprint density at radius 2 is 1.61 bits per heavy atom. The van der Waals surface area contributed by atoms with Crippen molar-refractivity contribution >= 4 is 22.5 Å². The van der Waals surface area contributed by atoms with Crippen molar-refractivity contribution in [3.63, 3.8) is 0 Å². The lowest BCUT2D eigenvalue weighted by molar-refractivity contribution is 0.394. The van der Waals surface area contributed by atoms with Gasteiger partial charge in [0, 0.05) is 23.0 Å². The molecule has 1 nitrogen and oxygen atoms in total. The van der Waals surface area contributed by atoms with Gasteiger partial charge in [-0.15, -0.1) is 0 Å². The fourth-order valence-corrected chi connectivity index (χ4v) is 10.6. The molecule has 0 bridgehead atoms. The van der Waals surface area contributed by atoms with Crippen LogP contribution in [0.1, 0.15) is 86.8 Å². The molecule has 266 valence electrons. The maximum atomic E-state index is 4.08. The molecule has 9 rings (SSSR count). The van der Waals surface area contributed by atoms with Crippen molar-refractivity contribution in [2.24, 2.45) is 5.92 Å². The highest BCUT2D eigenvalue weighted by molar-refractivity contribution is 6.00. The summed E-state index contributed by atoms with van der Waals surface area (Å²) in [4.78, 5) is 2.45. The van der Waals surface area contributed by atoms with Crippen LogP contribution >= 0.6 is 0 Å². The summed E-state index contributed by atoms with van der Waals surface area (Å²) in [5.74, 6) is 0.891. The van der Waals surface area contributed by atoms with Gasteiger partial charge in [0.1, 0.15) is 0 Å². The first-order valence-corrected chi connectivity index (χ1v) is 19.7. The van der Waals surface area contributed by atoms with Gasteiger partial charge in [-0.1, -0.05) is 148 Å². The lowest BCUT2D eigenvalue weighted by atomic mass is 9.65. The SMILES string of the molecule is C=C/C=C\C1=C(C)c2cccc(-c3cccc(N(C(/C=C\C)=C/C)c4ccc5c(c4)C(C)(C)C4C=CC=CC54)c3)c2C12C1=C(C=CCC1)c1ccccc12. The summed E-state index contributed by atoms with van der Waals surface area (Å²) in [5.41, 5.74) is 19.7. The van der Waals surface area contributed by atoms with Gasteiger partial charge in [-0.2, -0.15) is 0 Å². The van der Waals surface area contributed by atoms with E-state index in [9.17, 15) is 0 Å². The monoisotopic (exact) mass is 699 g/mol. The molecule has 0 aliphatic heterocycles. The molecule has 0 saturated heterocycles. The van der Waals surface area contributed by atoms with Gasteiger partial charge in [0.2, 0.25) is 0 Å². The highest BCUT2D eigenvalue weighted by atomic mass is 15.1. The topological polar surface area (TPSA) is 3.24 Å². The summed E-state index contributed by atoms with van der Waals surface area (Å²) < 4.78 is 0. The molecule has 5 aliphatic carbocycles. The van der Waals surface area contributed by atoms with Crippen molar-refractivity contribution in [2.45, 2.75) is 64.2 Å². The summed E-state index contributed by atoms with van der Waals surface area (Å²) in [7, 11) is 0. The Morgan fingerprint density at radius 3 is 2.44 bits per heavy atom. The summed E-state index contributed by atoms with van der Waals surface area (Å²) >= 11 is 0. The van der Waals surface area contributed by atoms with Crippen LogP contribution in [-0.4, -0.2) is 0 Å². The molecule has 0 saturated carbocycles. The molecule has 4 aromatic carbocycles. The molecule has 0 radical (unpaired) electrons. The number of hydrogen-bond donors (Lipinski definition) is 0. The number of anilines is 2. The van der Waals surface area contributed by atoms with Crippen molar-refractivity contribution in [3.05, 3.63) is 215 Å². The van der Waals surface area contributed by atoms with E-state index in [1.54, 1.807) is 0 Å². The molecule has 0 amide bonds. The fraction of sp³-hybridized carbons (Fsp3) is 0.208. The lowest BCUT2D eigenvalue weighted by Crippen LogP contribution is -2.29. The number of hydrogen-bond acceptors (Lipinski definition) is 1. The second-order valence-corrected chi connectivity index (χ2v) is 15.9. The molecule has 0 fully saturated rings. The van der Waals surface area contributed by atoms with Crippen LogP contribution in [0.2, 0.25) is 0 Å². The molecule has 4 aromatic rings. The second kappa shape index (κ2) is 13.0. The van der Waals surface area contributed by atoms with Gasteiger partial charge in [0.25, 0.3) is 0 Å². The molecule has 0 N–H and O–H groups in total. The van der Waals surface area contributed by atoms with E-state index in [0.717, 1.165) is 24.2 Å². The fourth-order valence-electron chi connectivity index (χ4n) is 10.6. The molecule has 3 unspecified atom stereocenters. The van der Waals surface area contributed by atoms with Crippen molar-refractivity contribution in [1.82, 2.24) is 0 Å². The second-order valence-electron chi connectivity index (χ2n) is 15.9. The van der Waals surface area contributed by atoms with Crippen LogP contribution in [0.3, 0.4) is 0 Å². The first kappa shape index (κ1) is 34.1. The average molecular weight is 700 g/mol. The molecule has 0 heterocycles. The Morgan fingerprint density at radius 1 is 0.833 bits per heavy atom. The van der Waals surface area contributed by atoms with Crippen LogP contribution in [0.15, 0.2) is 181 Å². The number of rotatable bonds is 7. The number of fused-ring (bicyclic) bond motifs is 9. The molecule has 1 spiro atoms. The molecule has 3 atom stereocenters. The van der Waals surface area contributed by atoms with E-state index in [4.69, 9.17) is 0 Å². The predicted molar refractivity (Wildman–Crippen MR) is 231 cm³/mol. The smallest absolute Gasteiger partial charge is 0.0691 e. The van der Waals surface area contributed by atoms with E-state index >= 15 is 0 Å². The van der Waals surface area contributed by atoms with Crippen molar-refractivity contribution in [1.29, 1.82) is 0 Å². The van der Waals surface area contributed by atoms with Gasteiger partial charge in [-0.3, -0.25) is 0 Å². The van der Waals surface area contributed by atoms with Gasteiger partial charge in [-0.05, 0) is 142 Å². The third-order valence-corrected chi connectivity index (χ3v) is 12.9. The number of benzene rings is 4. The van der Waals surface area contributed by atoms with E-state index < -0.39 is 0 Å². The summed E-state index contributed by atoms with van der Waals surface area (Å²) in [6, 6.07) is 32.6. The van der Waals surface area contributed by atoms with Crippen LogP contribution in [-0.2, 0) is 10.8 Å². The van der Waals surface area contributed by atoms with E-state index in [-0.39, 0.29) is 10.8 Å². The largest absolute Gasteiger partial charge is 0.311 e. The molecular formula is C53H49N. The highest BCUT2D eigenvalue weighted by Gasteiger charge is 2.53. The summed E-state index contributed by atoms with van der Waals surface area (Å²) in [6.07, 6.45) is 29.1. The van der Waals surface area contributed by atoms with Crippen molar-refractivity contribution < 1.29 is 0 Å². The number of nitrogens with zero attached hydrogens (tertiary/aromatic N) is 1. The van der Waals surface area contributed by atoms with E-state index in [1.165, 1.54) is 72.5 Å². The van der Waals surface area contributed by atoms with Gasteiger partial charge in [-0.25, -0.2) is 0 Å². The highest BCUT2D eigenvalue weighted by Crippen LogP contribution is 2.64. The Hall–Kier alpha value is -5.66. The van der Waals surface area contributed by atoms with E-state index in [2.05, 4.69) is 198 Å². The predicted octanol–water partition coefficient (Wildman–Crippen LogP) is 14.0. The van der Waals surface area contributed by atoms with Crippen LogP contribution < -0.4 is 4.90 Å². The van der Waals surface area contributed by atoms with E-state index in [1.807, 2.05) is 6.08 Å². The minimum Gasteiger partial charge on any atom is -0.311 e. The Bertz CT molecular complexity index is 2480. The Labute approximate surface area is 322 Å². The van der Waals surface area contributed by atoms with Crippen LogP contribution in [0, 0.1) is 5.92 Å². The zero-order valence-electron chi connectivity index (χ0n) is 32.2. The average Bonchev–Trinajstić information content (AvgIpc) is 3.74. The minimum absolute atomic E-state index is 0.0302. The van der Waals surface area contributed by atoms with Crippen molar-refractivity contribution in [2.75, 3.05) is 4.90 Å². The lowest BCUT2D eigenvalue weighted by Gasteiger charge is -2.36. The normalized spacial score (nSPS) is 23.0. The quantitative estimate of drug-likeness (QED) is 0.174. The minimum atomic E-state index is -0.368. The van der Waals surface area contributed by atoms with Crippen LogP contribution in [0.4, 0.5) is 11.4 Å². The van der Waals surface area contributed by atoms with Gasteiger partial charge >= 0.3 is 0 Å². The third-order valence-electron chi connectivity index (χ3n) is 12.9. The maximum Gasteiger partial charge on any atom is 0.0691 e. The standard InChI is InChI=1S/C53H49N/c1-7-10-27-46-35(4)40-25-18-26-41(51(40)53(46)48-29-15-12-23-43(48)44-24-13-16-30-49(44)53)36-20-17-21-38(33-36)54(37(9-3)19-8-2)39-31-32-45-42-22-11-14-28-47(42)52(5,6)50(45)34-39/h7-15,17-29,31-34,42,47H,1,16,30H2,2-6H3/b19-8-,27-10-,37-9+. The molecule has 5 aliphatic rings. The molecule has 54 heavy (non-hydrogen) atoms. The third kappa shape index (κ3) is 4.77. The number of allylic oxidation sites excluding steroid dienone is 16.